The molecule has 0 aliphatic carbocycles. The number of aromatic nitrogens is 2. The Kier molecular flexibility index (Phi) is 8.93. The predicted molar refractivity (Wildman–Crippen MR) is 157 cm³/mol. The van der Waals surface area contributed by atoms with E-state index in [0.29, 0.717) is 0 Å². The summed E-state index contributed by atoms with van der Waals surface area (Å²) in [5.41, 5.74) is -7.00. The van der Waals surface area contributed by atoms with Gasteiger partial charge in [0.1, 0.15) is 46.6 Å². The van der Waals surface area contributed by atoms with E-state index in [1.54, 1.807) is 0 Å². The van der Waals surface area contributed by atoms with Crippen LogP contribution in [0, 0.1) is 17.1 Å². The molecule has 3 heterocycles. The van der Waals surface area contributed by atoms with E-state index < -0.39 is 66.6 Å². The van der Waals surface area contributed by atoms with Gasteiger partial charge in [0.05, 0.1) is 31.5 Å². The maximum absolute atomic E-state index is 14.8. The molecule has 2 amide bonds. The number of carbonyl (C=O) groups is 2. The van der Waals surface area contributed by atoms with Crippen molar-refractivity contribution in [1.82, 2.24) is 20.6 Å². The lowest BCUT2D eigenvalue weighted by molar-refractivity contribution is -0.265. The largest absolute Gasteiger partial charge is 0.494 e. The zero-order valence-corrected chi connectivity index (χ0v) is 25.1. The first-order valence-corrected chi connectivity index (χ1v) is 14.1. The molecule has 0 fully saturated rings. The van der Waals surface area contributed by atoms with E-state index in [4.69, 9.17) is 9.47 Å². The number of alkyl halides is 5. The van der Waals surface area contributed by atoms with Crippen LogP contribution < -0.4 is 20.1 Å². The summed E-state index contributed by atoms with van der Waals surface area (Å²) in [5.74, 6) is -2.83. The number of nitrogens with one attached hydrogen (secondary N) is 2. The minimum Gasteiger partial charge on any atom is -0.494 e. The molecule has 0 saturated carbocycles. The number of pyridine rings is 2. The molecule has 0 radical (unpaired) electrons. The van der Waals surface area contributed by atoms with Crippen molar-refractivity contribution in [3.63, 3.8) is 0 Å². The number of methoxy groups -OCH3 is 1. The Hall–Kier alpha value is -5.43. The molecule has 4 aromatic rings. The van der Waals surface area contributed by atoms with Crippen molar-refractivity contribution >= 4 is 22.7 Å². The standard InChI is InChI=1S/C32H25F6N5O5/c1-30(29(45)41-13-24(34)35)15-48-27-21(30)10-23(43-26(27)17-3-5-20(33)6-4-17)31(46,32(36,37)38)14-42-28(44)19-8-18-7-16(11-39)12-40-25(18)22(9-19)47-2/h3-10,12,24,46H,13-15H2,1-2H3,(H,41,45)(H,42,44). The normalized spacial score (nSPS) is 16.9. The molecular formula is C32H25F6N5O5. The first-order chi connectivity index (χ1) is 22.6. The molecule has 2 aromatic heterocycles. The molecule has 2 atom stereocenters. The molecule has 48 heavy (non-hydrogen) atoms. The van der Waals surface area contributed by atoms with E-state index in [1.807, 2.05) is 11.4 Å². The quantitative estimate of drug-likeness (QED) is 0.220. The van der Waals surface area contributed by atoms with Gasteiger partial charge in [-0.3, -0.25) is 14.6 Å². The minimum absolute atomic E-state index is 0.0499. The zero-order valence-electron chi connectivity index (χ0n) is 25.1. The lowest BCUT2D eigenvalue weighted by atomic mass is 9.81. The Morgan fingerprint density at radius 1 is 1.15 bits per heavy atom. The van der Waals surface area contributed by atoms with Gasteiger partial charge >= 0.3 is 6.18 Å². The summed E-state index contributed by atoms with van der Waals surface area (Å²) in [5, 5.41) is 24.9. The fraction of sp³-hybridized carbons (Fsp3) is 0.281. The van der Waals surface area contributed by atoms with Crippen LogP contribution in [0.3, 0.4) is 0 Å². The molecular weight excluding hydrogens is 648 g/mol. The highest BCUT2D eigenvalue weighted by Crippen LogP contribution is 2.48. The Morgan fingerprint density at radius 3 is 2.48 bits per heavy atom. The number of ether oxygens (including phenoxy) is 2. The van der Waals surface area contributed by atoms with Gasteiger partial charge in [0.2, 0.25) is 11.5 Å². The fourth-order valence-corrected chi connectivity index (χ4v) is 5.16. The molecule has 0 saturated heterocycles. The monoisotopic (exact) mass is 673 g/mol. The zero-order chi connectivity index (χ0) is 35.0. The van der Waals surface area contributed by atoms with Crippen LogP contribution >= 0.6 is 0 Å². The van der Waals surface area contributed by atoms with Crippen molar-refractivity contribution < 1.29 is 50.5 Å². The Labute approximate surface area is 268 Å². The average molecular weight is 674 g/mol. The van der Waals surface area contributed by atoms with E-state index in [-0.39, 0.29) is 50.3 Å². The summed E-state index contributed by atoms with van der Waals surface area (Å²) in [6.45, 7) is -1.75. The summed E-state index contributed by atoms with van der Waals surface area (Å²) in [6, 6.07) is 10.9. The van der Waals surface area contributed by atoms with Gasteiger partial charge in [0.15, 0.2) is 0 Å². The summed E-state index contributed by atoms with van der Waals surface area (Å²) in [4.78, 5) is 34.5. The van der Waals surface area contributed by atoms with Gasteiger partial charge in [-0.1, -0.05) is 0 Å². The molecule has 10 nitrogen and oxygen atoms in total. The molecule has 5 rings (SSSR count). The minimum atomic E-state index is -5.48. The van der Waals surface area contributed by atoms with Crippen LogP contribution in [0.5, 0.6) is 11.5 Å². The molecule has 1 aliphatic heterocycles. The number of hydrogen-bond donors (Lipinski definition) is 3. The number of hydrogen-bond acceptors (Lipinski definition) is 8. The highest BCUT2D eigenvalue weighted by molar-refractivity contribution is 6.00. The molecule has 250 valence electrons. The topological polar surface area (TPSA) is 146 Å². The van der Waals surface area contributed by atoms with Crippen molar-refractivity contribution in [3.05, 3.63) is 82.9 Å². The number of amides is 2. The number of nitriles is 1. The van der Waals surface area contributed by atoms with Crippen LogP contribution in [0.4, 0.5) is 26.3 Å². The number of carbonyl (C=O) groups excluding carboxylic acids is 2. The maximum atomic E-state index is 14.8. The molecule has 1 aliphatic rings. The molecule has 3 N–H and O–H groups in total. The second-order valence-corrected chi connectivity index (χ2v) is 11.1. The van der Waals surface area contributed by atoms with Crippen LogP contribution in [-0.2, 0) is 15.8 Å². The third-order valence-electron chi connectivity index (χ3n) is 7.87. The second kappa shape index (κ2) is 12.6. The van der Waals surface area contributed by atoms with Crippen molar-refractivity contribution in [2.75, 3.05) is 26.8 Å². The molecule has 2 unspecified atom stereocenters. The second-order valence-electron chi connectivity index (χ2n) is 11.1. The van der Waals surface area contributed by atoms with Crippen molar-refractivity contribution in [1.29, 1.82) is 5.26 Å². The van der Waals surface area contributed by atoms with E-state index in [2.05, 4.69) is 15.3 Å². The Balaban J connectivity index is 1.59. The van der Waals surface area contributed by atoms with Gasteiger partial charge in [-0.2, -0.15) is 18.4 Å². The van der Waals surface area contributed by atoms with E-state index in [9.17, 15) is 46.3 Å². The summed E-state index contributed by atoms with van der Waals surface area (Å²) >= 11 is 0. The smallest absolute Gasteiger partial charge is 0.424 e. The third kappa shape index (κ3) is 6.16. The van der Waals surface area contributed by atoms with Gasteiger partial charge in [-0.25, -0.2) is 18.2 Å². The fourth-order valence-electron chi connectivity index (χ4n) is 5.16. The lowest BCUT2D eigenvalue weighted by Gasteiger charge is -2.31. The van der Waals surface area contributed by atoms with Gasteiger partial charge in [0.25, 0.3) is 12.3 Å². The maximum Gasteiger partial charge on any atom is 0.424 e. The van der Waals surface area contributed by atoms with Crippen LogP contribution in [-0.4, -0.2) is 66.3 Å². The van der Waals surface area contributed by atoms with Crippen LogP contribution in [0.2, 0.25) is 0 Å². The lowest BCUT2D eigenvalue weighted by Crippen LogP contribution is -2.52. The van der Waals surface area contributed by atoms with E-state index in [0.717, 1.165) is 18.2 Å². The van der Waals surface area contributed by atoms with Crippen LogP contribution in [0.1, 0.15) is 34.1 Å². The number of fused-ring (bicyclic) bond motifs is 2. The van der Waals surface area contributed by atoms with Gasteiger partial charge in [0, 0.05) is 28.3 Å². The number of halogens is 6. The van der Waals surface area contributed by atoms with E-state index in [1.165, 1.54) is 50.6 Å². The summed E-state index contributed by atoms with van der Waals surface area (Å²) in [7, 11) is 1.28. The molecule has 0 bridgehead atoms. The summed E-state index contributed by atoms with van der Waals surface area (Å²) in [6.07, 6.45) is -7.13. The van der Waals surface area contributed by atoms with Crippen LogP contribution in [0.25, 0.3) is 22.2 Å². The predicted octanol–water partition coefficient (Wildman–Crippen LogP) is 4.53. The van der Waals surface area contributed by atoms with Gasteiger partial charge < -0.3 is 25.2 Å². The highest BCUT2D eigenvalue weighted by Gasteiger charge is 2.58. The Bertz CT molecular complexity index is 1950. The third-order valence-corrected chi connectivity index (χ3v) is 7.87. The van der Waals surface area contributed by atoms with Crippen molar-refractivity contribution in [3.8, 4) is 28.8 Å². The number of aliphatic hydroxyl groups is 1. The SMILES string of the molecule is COc1cc(C(=O)NCC(O)(c2cc3c(c(-c4ccc(F)cc4)n2)OCC3(C)C(=O)NCC(F)F)C(F)(F)F)cc2cc(C#N)cnc12. The van der Waals surface area contributed by atoms with Gasteiger partial charge in [-0.15, -0.1) is 0 Å². The van der Waals surface area contributed by atoms with E-state index >= 15 is 0 Å². The first kappa shape index (κ1) is 33.9. The first-order valence-electron chi connectivity index (χ1n) is 14.1. The number of nitrogens with zero attached hydrogens (tertiary/aromatic N) is 3. The highest BCUT2D eigenvalue weighted by atomic mass is 19.4. The number of rotatable bonds is 9. The molecule has 2 aromatic carbocycles. The van der Waals surface area contributed by atoms with Crippen LogP contribution in [0.15, 0.2) is 54.7 Å². The number of benzene rings is 2. The van der Waals surface area contributed by atoms with Gasteiger partial charge in [-0.05, 0) is 55.5 Å². The Morgan fingerprint density at radius 2 is 1.85 bits per heavy atom. The molecule has 16 heteroatoms. The van der Waals surface area contributed by atoms with Crippen molar-refractivity contribution in [2.24, 2.45) is 0 Å². The van der Waals surface area contributed by atoms with Crippen molar-refractivity contribution in [2.45, 2.75) is 30.5 Å². The molecule has 0 spiro atoms. The summed E-state index contributed by atoms with van der Waals surface area (Å²) < 4.78 is 94.9. The average Bonchev–Trinajstić information content (AvgIpc) is 3.41.